The first-order valence-corrected chi connectivity index (χ1v) is 4.57. The Morgan fingerprint density at radius 3 is 2.70 bits per heavy atom. The molecule has 10 heavy (non-hydrogen) atoms. The molecule has 56 valence electrons. The molecule has 0 spiro atoms. The van der Waals surface area contributed by atoms with Crippen LogP contribution in [0.2, 0.25) is 0 Å². The third-order valence-electron chi connectivity index (χ3n) is 1.27. The Bertz CT molecular complexity index is 193. The molecule has 0 aliphatic carbocycles. The SMILES string of the molecule is CCSc1ccc(CC)o1. The predicted molar refractivity (Wildman–Crippen MR) is 44.5 cm³/mol. The van der Waals surface area contributed by atoms with Crippen molar-refractivity contribution in [3.63, 3.8) is 0 Å². The summed E-state index contributed by atoms with van der Waals surface area (Å²) in [7, 11) is 0. The van der Waals surface area contributed by atoms with Crippen LogP contribution in [0.4, 0.5) is 0 Å². The van der Waals surface area contributed by atoms with Gasteiger partial charge in [-0.05, 0) is 17.9 Å². The van der Waals surface area contributed by atoms with Gasteiger partial charge in [-0.25, -0.2) is 0 Å². The normalized spacial score (nSPS) is 10.2. The fraction of sp³-hybridized carbons (Fsp3) is 0.500. The maximum Gasteiger partial charge on any atom is 0.160 e. The predicted octanol–water partition coefficient (Wildman–Crippen LogP) is 2.95. The van der Waals surface area contributed by atoms with Crippen LogP contribution in [0.1, 0.15) is 19.6 Å². The Labute approximate surface area is 65.8 Å². The van der Waals surface area contributed by atoms with Gasteiger partial charge in [0.15, 0.2) is 5.09 Å². The highest BCUT2D eigenvalue weighted by atomic mass is 32.2. The molecule has 0 aliphatic heterocycles. The molecule has 0 N–H and O–H groups in total. The first-order valence-electron chi connectivity index (χ1n) is 3.58. The topological polar surface area (TPSA) is 13.1 Å². The van der Waals surface area contributed by atoms with Crippen LogP contribution in [0.25, 0.3) is 0 Å². The van der Waals surface area contributed by atoms with Gasteiger partial charge < -0.3 is 4.42 Å². The largest absolute Gasteiger partial charge is 0.455 e. The molecule has 1 rings (SSSR count). The molecule has 0 radical (unpaired) electrons. The number of hydrogen-bond donors (Lipinski definition) is 0. The Morgan fingerprint density at radius 2 is 2.20 bits per heavy atom. The van der Waals surface area contributed by atoms with Crippen molar-refractivity contribution < 1.29 is 4.42 Å². The van der Waals surface area contributed by atoms with Crippen molar-refractivity contribution in [1.82, 2.24) is 0 Å². The summed E-state index contributed by atoms with van der Waals surface area (Å²) >= 11 is 1.74. The van der Waals surface area contributed by atoms with E-state index in [1.165, 1.54) is 0 Å². The van der Waals surface area contributed by atoms with Gasteiger partial charge in [0.25, 0.3) is 0 Å². The molecule has 1 heterocycles. The van der Waals surface area contributed by atoms with Crippen molar-refractivity contribution in [2.45, 2.75) is 25.4 Å². The van der Waals surface area contributed by atoms with Gasteiger partial charge in [-0.3, -0.25) is 0 Å². The minimum atomic E-state index is 0.990. The lowest BCUT2D eigenvalue weighted by Gasteiger charge is -1.89. The summed E-state index contributed by atoms with van der Waals surface area (Å²) in [5, 5.41) is 1.04. The van der Waals surface area contributed by atoms with Gasteiger partial charge in [0.2, 0.25) is 0 Å². The third-order valence-corrected chi connectivity index (χ3v) is 2.06. The van der Waals surface area contributed by atoms with Gasteiger partial charge in [-0.15, -0.1) is 0 Å². The van der Waals surface area contributed by atoms with E-state index in [0.717, 1.165) is 23.0 Å². The van der Waals surface area contributed by atoms with Crippen LogP contribution in [0, 0.1) is 0 Å². The highest BCUT2D eigenvalue weighted by Gasteiger charge is 1.97. The molecular weight excluding hydrogens is 144 g/mol. The standard InChI is InChI=1S/C8H12OS/c1-3-7-5-6-8(9-7)10-4-2/h5-6H,3-4H2,1-2H3. The van der Waals surface area contributed by atoms with E-state index in [1.807, 2.05) is 12.1 Å². The molecule has 0 fully saturated rings. The van der Waals surface area contributed by atoms with Crippen LogP contribution in [0.5, 0.6) is 0 Å². The molecule has 1 nitrogen and oxygen atoms in total. The van der Waals surface area contributed by atoms with Crippen LogP contribution in [0.3, 0.4) is 0 Å². The van der Waals surface area contributed by atoms with Crippen LogP contribution in [-0.2, 0) is 6.42 Å². The van der Waals surface area contributed by atoms with E-state index in [-0.39, 0.29) is 0 Å². The molecule has 1 aromatic rings. The summed E-state index contributed by atoms with van der Waals surface area (Å²) in [5.41, 5.74) is 0. The highest BCUT2D eigenvalue weighted by Crippen LogP contribution is 2.20. The lowest BCUT2D eigenvalue weighted by atomic mass is 10.4. The van der Waals surface area contributed by atoms with Crippen molar-refractivity contribution in [1.29, 1.82) is 0 Å². The zero-order valence-electron chi connectivity index (χ0n) is 6.39. The van der Waals surface area contributed by atoms with E-state index < -0.39 is 0 Å². The molecule has 0 atom stereocenters. The molecule has 2 heteroatoms. The minimum absolute atomic E-state index is 0.990. The lowest BCUT2D eigenvalue weighted by molar-refractivity contribution is 0.436. The molecule has 0 bridgehead atoms. The van der Waals surface area contributed by atoms with E-state index >= 15 is 0 Å². The molecule has 0 unspecified atom stereocenters. The van der Waals surface area contributed by atoms with E-state index in [0.29, 0.717) is 0 Å². The monoisotopic (exact) mass is 156 g/mol. The van der Waals surface area contributed by atoms with E-state index in [4.69, 9.17) is 4.42 Å². The molecule has 0 aromatic carbocycles. The zero-order chi connectivity index (χ0) is 7.40. The fourth-order valence-corrected chi connectivity index (χ4v) is 1.38. The van der Waals surface area contributed by atoms with Gasteiger partial charge in [0, 0.05) is 6.42 Å². The summed E-state index contributed by atoms with van der Waals surface area (Å²) in [5.74, 6) is 2.16. The van der Waals surface area contributed by atoms with Crippen LogP contribution < -0.4 is 0 Å². The Balaban J connectivity index is 2.59. The van der Waals surface area contributed by atoms with E-state index in [1.54, 1.807) is 11.8 Å². The fourth-order valence-electron chi connectivity index (χ4n) is 0.768. The summed E-state index contributed by atoms with van der Waals surface area (Å²) < 4.78 is 5.44. The average molecular weight is 156 g/mol. The van der Waals surface area contributed by atoms with Gasteiger partial charge >= 0.3 is 0 Å². The van der Waals surface area contributed by atoms with Gasteiger partial charge in [-0.1, -0.05) is 25.6 Å². The molecule has 0 aliphatic rings. The van der Waals surface area contributed by atoms with Gasteiger partial charge in [-0.2, -0.15) is 0 Å². The number of furan rings is 1. The van der Waals surface area contributed by atoms with Crippen molar-refractivity contribution in [2.75, 3.05) is 5.75 Å². The molecule has 1 aromatic heterocycles. The van der Waals surface area contributed by atoms with Crippen molar-refractivity contribution in [2.24, 2.45) is 0 Å². The van der Waals surface area contributed by atoms with Crippen LogP contribution in [0.15, 0.2) is 21.6 Å². The number of rotatable bonds is 3. The molecular formula is C8H12OS. The van der Waals surface area contributed by atoms with E-state index in [2.05, 4.69) is 13.8 Å². The Morgan fingerprint density at radius 1 is 1.40 bits per heavy atom. The second kappa shape index (κ2) is 3.71. The van der Waals surface area contributed by atoms with Crippen molar-refractivity contribution in [3.05, 3.63) is 17.9 Å². The summed E-state index contributed by atoms with van der Waals surface area (Å²) in [4.78, 5) is 0. The molecule has 0 amide bonds. The number of hydrogen-bond acceptors (Lipinski definition) is 2. The van der Waals surface area contributed by atoms with Crippen LogP contribution in [-0.4, -0.2) is 5.75 Å². The number of aryl methyl sites for hydroxylation is 1. The zero-order valence-corrected chi connectivity index (χ0v) is 7.20. The first-order chi connectivity index (χ1) is 4.86. The van der Waals surface area contributed by atoms with Gasteiger partial charge in [0.05, 0.1) is 0 Å². The summed E-state index contributed by atoms with van der Waals surface area (Å²) in [6.07, 6.45) is 0.990. The maximum absolute atomic E-state index is 5.44. The smallest absolute Gasteiger partial charge is 0.160 e. The van der Waals surface area contributed by atoms with Crippen molar-refractivity contribution in [3.8, 4) is 0 Å². The second-order valence-electron chi connectivity index (χ2n) is 2.01. The maximum atomic E-state index is 5.44. The lowest BCUT2D eigenvalue weighted by Crippen LogP contribution is -1.69. The first kappa shape index (κ1) is 7.73. The third kappa shape index (κ3) is 1.81. The summed E-state index contributed by atoms with van der Waals surface area (Å²) in [6, 6.07) is 4.07. The molecule has 0 saturated heterocycles. The minimum Gasteiger partial charge on any atom is -0.455 e. The van der Waals surface area contributed by atoms with Crippen molar-refractivity contribution >= 4 is 11.8 Å². The van der Waals surface area contributed by atoms with Crippen LogP contribution >= 0.6 is 11.8 Å². The summed E-state index contributed by atoms with van der Waals surface area (Å²) in [6.45, 7) is 4.22. The second-order valence-corrected chi connectivity index (χ2v) is 3.28. The quantitative estimate of drug-likeness (QED) is 0.624. The highest BCUT2D eigenvalue weighted by molar-refractivity contribution is 7.99. The Kier molecular flexibility index (Phi) is 2.87. The molecule has 0 saturated carbocycles. The number of thioether (sulfide) groups is 1. The Hall–Kier alpha value is -0.370. The average Bonchev–Trinajstić information content (AvgIpc) is 2.37. The van der Waals surface area contributed by atoms with E-state index in [9.17, 15) is 0 Å². The van der Waals surface area contributed by atoms with Gasteiger partial charge in [0.1, 0.15) is 5.76 Å².